The zero-order valence-electron chi connectivity index (χ0n) is 12.1. The first-order valence-corrected chi connectivity index (χ1v) is 7.56. The van der Waals surface area contributed by atoms with E-state index < -0.39 is 5.91 Å². The normalized spacial score (nSPS) is 10.4. The maximum atomic E-state index is 12.9. The first-order chi connectivity index (χ1) is 11.6. The minimum Gasteiger partial charge on any atom is -0.506 e. The number of phenols is 1. The van der Waals surface area contributed by atoms with Crippen molar-refractivity contribution in [2.45, 2.75) is 0 Å². The molecule has 0 atom stereocenters. The fourth-order valence-corrected chi connectivity index (χ4v) is 2.44. The van der Waals surface area contributed by atoms with Gasteiger partial charge in [-0.1, -0.05) is 30.3 Å². The summed E-state index contributed by atoms with van der Waals surface area (Å²) >= 11 is 11.7. The average Bonchev–Trinajstić information content (AvgIpc) is 2.57. The van der Waals surface area contributed by atoms with E-state index in [4.69, 9.17) is 23.2 Å². The summed E-state index contributed by atoms with van der Waals surface area (Å²) in [6, 6.07) is 14.8. The highest BCUT2D eigenvalue weighted by Gasteiger charge is 2.25. The van der Waals surface area contributed by atoms with Crippen LogP contribution < -0.4 is 4.90 Å². The first-order valence-electron chi connectivity index (χ1n) is 6.81. The highest BCUT2D eigenvalue weighted by Crippen LogP contribution is 2.33. The maximum Gasteiger partial charge on any atom is 0.265 e. The zero-order valence-corrected chi connectivity index (χ0v) is 13.6. The number of rotatable bonds is 3. The number of aromatic hydroxyl groups is 1. The standard InChI is InChI=1S/C16H10Cl2N4O2/c17-14-19-15(18)21-16(20-14)22(11-8-4-5-9-12(11)23)13(24)10-6-2-1-3-7-10/h1-9,23H. The smallest absolute Gasteiger partial charge is 0.265 e. The van der Waals surface area contributed by atoms with Gasteiger partial charge in [-0.3, -0.25) is 4.79 Å². The van der Waals surface area contributed by atoms with Crippen LogP contribution in [0.1, 0.15) is 10.4 Å². The molecule has 1 N–H and O–H groups in total. The molecule has 0 saturated carbocycles. The van der Waals surface area contributed by atoms with Gasteiger partial charge >= 0.3 is 0 Å². The summed E-state index contributed by atoms with van der Waals surface area (Å²) in [6.45, 7) is 0. The molecule has 1 heterocycles. The molecule has 0 spiro atoms. The number of anilines is 2. The predicted octanol–water partition coefficient (Wildman–Crippen LogP) is 3.86. The molecule has 3 rings (SSSR count). The molecule has 0 unspecified atom stereocenters. The Bertz CT molecular complexity index is 870. The molecule has 8 heteroatoms. The minimum absolute atomic E-state index is 0.0876. The van der Waals surface area contributed by atoms with Gasteiger partial charge in [0.2, 0.25) is 16.5 Å². The fourth-order valence-electron chi connectivity index (χ4n) is 2.09. The molecular weight excluding hydrogens is 351 g/mol. The highest BCUT2D eigenvalue weighted by atomic mass is 35.5. The number of phenolic OH excluding ortho intramolecular Hbond substituents is 1. The Morgan fingerprint density at radius 3 is 2.08 bits per heavy atom. The van der Waals surface area contributed by atoms with Crippen molar-refractivity contribution in [3.05, 3.63) is 70.7 Å². The topological polar surface area (TPSA) is 79.2 Å². The van der Waals surface area contributed by atoms with Crippen LogP contribution in [0, 0.1) is 0 Å². The van der Waals surface area contributed by atoms with Crippen molar-refractivity contribution in [3.63, 3.8) is 0 Å². The Balaban J connectivity index is 2.18. The maximum absolute atomic E-state index is 12.9. The van der Waals surface area contributed by atoms with Gasteiger partial charge in [-0.25, -0.2) is 4.90 Å². The molecule has 120 valence electrons. The van der Waals surface area contributed by atoms with Gasteiger partial charge in [0.15, 0.2) is 0 Å². The van der Waals surface area contributed by atoms with Crippen molar-refractivity contribution in [3.8, 4) is 5.75 Å². The second kappa shape index (κ2) is 6.82. The second-order valence-corrected chi connectivity index (χ2v) is 5.34. The lowest BCUT2D eigenvalue weighted by Gasteiger charge is -2.21. The third-order valence-corrected chi connectivity index (χ3v) is 3.45. The molecule has 0 saturated heterocycles. The molecule has 3 aromatic rings. The molecule has 1 amide bonds. The quantitative estimate of drug-likeness (QED) is 0.766. The number of aromatic nitrogens is 3. The van der Waals surface area contributed by atoms with E-state index in [9.17, 15) is 9.90 Å². The van der Waals surface area contributed by atoms with Gasteiger partial charge < -0.3 is 5.11 Å². The Morgan fingerprint density at radius 1 is 0.875 bits per heavy atom. The lowest BCUT2D eigenvalue weighted by molar-refractivity contribution is 0.0997. The van der Waals surface area contributed by atoms with Gasteiger partial charge in [-0.15, -0.1) is 0 Å². The summed E-state index contributed by atoms with van der Waals surface area (Å²) in [6.07, 6.45) is 0. The van der Waals surface area contributed by atoms with Crippen molar-refractivity contribution in [1.29, 1.82) is 0 Å². The minimum atomic E-state index is -0.449. The number of benzene rings is 2. The van der Waals surface area contributed by atoms with E-state index in [2.05, 4.69) is 15.0 Å². The van der Waals surface area contributed by atoms with Crippen LogP contribution in [0.3, 0.4) is 0 Å². The van der Waals surface area contributed by atoms with Gasteiger partial charge in [0.1, 0.15) is 5.75 Å². The van der Waals surface area contributed by atoms with Crippen molar-refractivity contribution in [2.75, 3.05) is 4.90 Å². The van der Waals surface area contributed by atoms with Gasteiger partial charge in [0.25, 0.3) is 5.91 Å². The molecule has 0 aliphatic carbocycles. The lowest BCUT2D eigenvalue weighted by atomic mass is 10.2. The summed E-state index contributed by atoms with van der Waals surface area (Å²) in [7, 11) is 0. The van der Waals surface area contributed by atoms with E-state index in [-0.39, 0.29) is 28.0 Å². The van der Waals surface area contributed by atoms with E-state index in [0.717, 1.165) is 4.90 Å². The van der Waals surface area contributed by atoms with Crippen LogP contribution in [0.15, 0.2) is 54.6 Å². The van der Waals surface area contributed by atoms with Crippen LogP contribution in [-0.4, -0.2) is 26.0 Å². The summed E-state index contributed by atoms with van der Waals surface area (Å²) in [5.41, 5.74) is 0.582. The first kappa shape index (κ1) is 16.2. The SMILES string of the molecule is O=C(c1ccccc1)N(c1nc(Cl)nc(Cl)n1)c1ccccc1O. The molecule has 6 nitrogen and oxygen atoms in total. The monoisotopic (exact) mass is 360 g/mol. The number of amides is 1. The number of para-hydroxylation sites is 2. The van der Waals surface area contributed by atoms with Crippen LogP contribution in [0.25, 0.3) is 0 Å². The van der Waals surface area contributed by atoms with Crippen molar-refractivity contribution in [2.24, 2.45) is 0 Å². The predicted molar refractivity (Wildman–Crippen MR) is 90.9 cm³/mol. The van der Waals surface area contributed by atoms with E-state index in [1.165, 1.54) is 6.07 Å². The number of hydrogen-bond acceptors (Lipinski definition) is 5. The van der Waals surface area contributed by atoms with Gasteiger partial charge in [-0.05, 0) is 47.5 Å². The zero-order chi connectivity index (χ0) is 17.1. The number of nitrogens with zero attached hydrogens (tertiary/aromatic N) is 4. The van der Waals surface area contributed by atoms with E-state index in [0.29, 0.717) is 5.56 Å². The number of halogens is 2. The van der Waals surface area contributed by atoms with Crippen molar-refractivity contribution < 1.29 is 9.90 Å². The Morgan fingerprint density at radius 2 is 1.46 bits per heavy atom. The van der Waals surface area contributed by atoms with E-state index in [1.54, 1.807) is 48.5 Å². The Hall–Kier alpha value is -2.70. The van der Waals surface area contributed by atoms with Gasteiger partial charge in [0, 0.05) is 5.56 Å². The molecule has 2 aromatic carbocycles. The summed E-state index contributed by atoms with van der Waals surface area (Å²) in [5, 5.41) is 9.82. The van der Waals surface area contributed by atoms with Gasteiger partial charge in [0.05, 0.1) is 5.69 Å². The summed E-state index contributed by atoms with van der Waals surface area (Å²) in [4.78, 5) is 25.7. The van der Waals surface area contributed by atoms with E-state index in [1.807, 2.05) is 0 Å². The highest BCUT2D eigenvalue weighted by molar-refractivity contribution is 6.31. The van der Waals surface area contributed by atoms with Crippen LogP contribution in [0.5, 0.6) is 5.75 Å². The van der Waals surface area contributed by atoms with Crippen LogP contribution in [0.4, 0.5) is 11.6 Å². The molecule has 24 heavy (non-hydrogen) atoms. The van der Waals surface area contributed by atoms with Crippen LogP contribution in [0.2, 0.25) is 10.6 Å². The molecule has 0 fully saturated rings. The number of carbonyl (C=O) groups excluding carboxylic acids is 1. The molecule has 0 aliphatic rings. The Kier molecular flexibility index (Phi) is 4.59. The lowest BCUT2D eigenvalue weighted by Crippen LogP contribution is -2.28. The molecule has 1 aromatic heterocycles. The average molecular weight is 361 g/mol. The van der Waals surface area contributed by atoms with Gasteiger partial charge in [-0.2, -0.15) is 15.0 Å². The number of carbonyl (C=O) groups is 1. The van der Waals surface area contributed by atoms with E-state index >= 15 is 0 Å². The molecular formula is C16H10Cl2N4O2. The fraction of sp³-hybridized carbons (Fsp3) is 0. The molecule has 0 radical (unpaired) electrons. The van der Waals surface area contributed by atoms with Crippen LogP contribution >= 0.6 is 23.2 Å². The Labute approximate surface area is 147 Å². The van der Waals surface area contributed by atoms with Crippen LogP contribution in [-0.2, 0) is 0 Å². The van der Waals surface area contributed by atoms with Crippen molar-refractivity contribution in [1.82, 2.24) is 15.0 Å². The third-order valence-electron chi connectivity index (χ3n) is 3.12. The summed E-state index contributed by atoms with van der Waals surface area (Å²) in [5.74, 6) is -0.653. The largest absolute Gasteiger partial charge is 0.506 e. The number of hydrogen-bond donors (Lipinski definition) is 1. The summed E-state index contributed by atoms with van der Waals surface area (Å²) < 4.78 is 0. The second-order valence-electron chi connectivity index (χ2n) is 4.67. The molecule has 0 aliphatic heterocycles. The van der Waals surface area contributed by atoms with Crippen molar-refractivity contribution >= 4 is 40.7 Å². The molecule has 0 bridgehead atoms. The third kappa shape index (κ3) is 3.29.